The Bertz CT molecular complexity index is 1820. The Hall–Kier alpha value is -4.60. The minimum absolute atomic E-state index is 0.177. The lowest BCUT2D eigenvalue weighted by molar-refractivity contribution is 0.0689. The molecule has 0 saturated carbocycles. The summed E-state index contributed by atoms with van der Waals surface area (Å²) in [5.74, 6) is -31.0. The number of imide groups is 2. The predicted octanol–water partition coefficient (Wildman–Crippen LogP) is 5.72. The molecule has 0 fully saturated rings. The van der Waals surface area contributed by atoms with Gasteiger partial charge in [-0.25, -0.2) is 35.6 Å². The van der Waals surface area contributed by atoms with Crippen LogP contribution >= 0.6 is 11.6 Å². The van der Waals surface area contributed by atoms with Crippen molar-refractivity contribution in [1.29, 1.82) is 0 Å². The third kappa shape index (κ3) is 3.42. The highest BCUT2D eigenvalue weighted by Gasteiger charge is 2.48. The summed E-state index contributed by atoms with van der Waals surface area (Å²) < 4.78 is 137. The molecule has 2 heterocycles. The van der Waals surface area contributed by atoms with Crippen LogP contribution in [-0.2, 0) is 0 Å². The van der Waals surface area contributed by atoms with Crippen LogP contribution in [0.15, 0.2) is 0 Å². The van der Waals surface area contributed by atoms with E-state index >= 15 is 8.78 Å². The molecule has 5 rings (SSSR count). The van der Waals surface area contributed by atoms with Crippen LogP contribution in [0.1, 0.15) is 47.0 Å². The molecule has 4 amide bonds. The first-order valence-electron chi connectivity index (χ1n) is 10.7. The molecule has 0 saturated heterocycles. The molecule has 3 aromatic rings. The van der Waals surface area contributed by atoms with Crippen LogP contribution in [-0.4, -0.2) is 35.6 Å². The van der Waals surface area contributed by atoms with Crippen LogP contribution in [0.5, 0.6) is 11.5 Å². The first kappa shape index (κ1) is 27.9. The molecule has 0 spiro atoms. The van der Waals surface area contributed by atoms with Crippen molar-refractivity contribution >= 4 is 40.9 Å². The lowest BCUT2D eigenvalue weighted by atomic mass is 10.1. The lowest BCUT2D eigenvalue weighted by Gasteiger charge is -2.18. The van der Waals surface area contributed by atoms with Gasteiger partial charge in [0.2, 0.25) is 23.1 Å². The van der Waals surface area contributed by atoms with Gasteiger partial charge in [-0.2, -0.15) is 8.78 Å². The van der Waals surface area contributed by atoms with Crippen LogP contribution in [0.4, 0.5) is 45.2 Å². The first-order chi connectivity index (χ1) is 19.1. The minimum Gasteiger partial charge on any atom is -0.445 e. The standard InChI is InChI=1S/C24H6ClF9N2O5/c1-3-9(26)8(25)15(32)18(10(3)27)36-23(39)5-7(24(36)40)14(31)20(17(34)12(5)29)41-19-13(30)6-4(11(28)16(19)33)21(37)35(2)22(6)38/h1-2H3. The van der Waals surface area contributed by atoms with Crippen LogP contribution in [0.3, 0.4) is 0 Å². The van der Waals surface area contributed by atoms with Gasteiger partial charge in [-0.15, -0.1) is 0 Å². The fourth-order valence-electron chi connectivity index (χ4n) is 4.24. The quantitative estimate of drug-likeness (QED) is 0.164. The number of carbonyl (C=O) groups is 4. The highest BCUT2D eigenvalue weighted by atomic mass is 35.5. The molecule has 17 heteroatoms. The molecule has 0 aromatic heterocycles. The van der Waals surface area contributed by atoms with Crippen LogP contribution < -0.4 is 9.64 Å². The number of amides is 4. The van der Waals surface area contributed by atoms with E-state index in [4.69, 9.17) is 11.6 Å². The van der Waals surface area contributed by atoms with E-state index < -0.39 is 131 Å². The second kappa shape index (κ2) is 8.95. The average molecular weight is 609 g/mol. The summed E-state index contributed by atoms with van der Waals surface area (Å²) in [6.45, 7) is 0.708. The first-order valence-corrected chi connectivity index (χ1v) is 11.1. The van der Waals surface area contributed by atoms with Gasteiger partial charge in [0.1, 0.15) is 10.7 Å². The summed E-state index contributed by atoms with van der Waals surface area (Å²) in [7, 11) is 0.771. The fourth-order valence-corrected chi connectivity index (χ4v) is 4.47. The molecular weight excluding hydrogens is 603 g/mol. The van der Waals surface area contributed by atoms with Crippen molar-refractivity contribution in [2.24, 2.45) is 0 Å². The molecule has 0 bridgehead atoms. The molecule has 0 aliphatic carbocycles. The zero-order valence-corrected chi connectivity index (χ0v) is 20.5. The van der Waals surface area contributed by atoms with Crippen LogP contribution in [0.25, 0.3) is 0 Å². The summed E-state index contributed by atoms with van der Waals surface area (Å²) in [5.41, 5.74) is -9.00. The maximum absolute atomic E-state index is 15.4. The van der Waals surface area contributed by atoms with E-state index in [1.807, 2.05) is 0 Å². The fraction of sp³-hybridized carbons (Fsp3) is 0.0833. The van der Waals surface area contributed by atoms with Gasteiger partial charge in [0, 0.05) is 12.6 Å². The molecule has 0 unspecified atom stereocenters. The van der Waals surface area contributed by atoms with Gasteiger partial charge in [0.05, 0.1) is 22.3 Å². The molecule has 7 nitrogen and oxygen atoms in total. The van der Waals surface area contributed by atoms with E-state index in [1.165, 1.54) is 0 Å². The topological polar surface area (TPSA) is 84.0 Å². The Labute approximate surface area is 225 Å². The van der Waals surface area contributed by atoms with E-state index in [9.17, 15) is 49.9 Å². The van der Waals surface area contributed by atoms with Crippen molar-refractivity contribution in [3.8, 4) is 11.5 Å². The zero-order valence-electron chi connectivity index (χ0n) is 19.7. The number of ether oxygens (including phenoxy) is 1. The van der Waals surface area contributed by atoms with Gasteiger partial charge in [0.15, 0.2) is 40.7 Å². The molecular formula is C24H6ClF9N2O5. The molecule has 2 aliphatic rings. The Morgan fingerprint density at radius 1 is 0.537 bits per heavy atom. The van der Waals surface area contributed by atoms with Gasteiger partial charge in [-0.3, -0.25) is 24.1 Å². The second-order valence-corrected chi connectivity index (χ2v) is 8.87. The molecule has 3 aromatic carbocycles. The Balaban J connectivity index is 1.71. The monoisotopic (exact) mass is 608 g/mol. The molecule has 212 valence electrons. The van der Waals surface area contributed by atoms with E-state index in [1.54, 1.807) is 0 Å². The number of hydrogen-bond acceptors (Lipinski definition) is 5. The van der Waals surface area contributed by atoms with Crippen molar-refractivity contribution in [2.75, 3.05) is 11.9 Å². The van der Waals surface area contributed by atoms with Gasteiger partial charge in [-0.05, 0) is 6.92 Å². The van der Waals surface area contributed by atoms with Crippen LogP contribution in [0, 0.1) is 59.3 Å². The molecule has 0 N–H and O–H groups in total. The summed E-state index contributed by atoms with van der Waals surface area (Å²) in [4.78, 5) is 49.5. The van der Waals surface area contributed by atoms with E-state index in [0.717, 1.165) is 7.05 Å². The molecule has 2 aliphatic heterocycles. The number of hydrogen-bond donors (Lipinski definition) is 0. The van der Waals surface area contributed by atoms with Gasteiger partial charge < -0.3 is 4.74 Å². The maximum atomic E-state index is 15.4. The highest BCUT2D eigenvalue weighted by molar-refractivity contribution is 6.36. The number of anilines is 1. The number of fused-ring (bicyclic) bond motifs is 2. The zero-order chi connectivity index (χ0) is 30.6. The van der Waals surface area contributed by atoms with Gasteiger partial charge in [-0.1, -0.05) is 11.6 Å². The van der Waals surface area contributed by atoms with Gasteiger partial charge in [0.25, 0.3) is 23.6 Å². The number of rotatable bonds is 3. The van der Waals surface area contributed by atoms with E-state index in [0.29, 0.717) is 6.92 Å². The third-order valence-electron chi connectivity index (χ3n) is 6.32. The van der Waals surface area contributed by atoms with Crippen molar-refractivity contribution in [3.05, 3.63) is 85.2 Å². The number of benzene rings is 3. The van der Waals surface area contributed by atoms with Crippen molar-refractivity contribution in [2.45, 2.75) is 6.92 Å². The summed E-state index contributed by atoms with van der Waals surface area (Å²) in [5, 5.41) is -1.42. The normalized spacial score (nSPS) is 14.4. The van der Waals surface area contributed by atoms with Gasteiger partial charge >= 0.3 is 0 Å². The largest absolute Gasteiger partial charge is 0.445 e. The predicted molar refractivity (Wildman–Crippen MR) is 116 cm³/mol. The SMILES string of the molecule is Cc1c(F)c(Cl)c(F)c(N2C(=O)c3c(F)c(F)c(Oc4c(F)c(F)c5c(c4F)C(=O)N(C)C5=O)c(F)c3C2=O)c1F. The highest BCUT2D eigenvalue weighted by Crippen LogP contribution is 2.44. The Kier molecular flexibility index (Phi) is 6.10. The number of carbonyl (C=O) groups excluding carboxylic acids is 4. The molecule has 41 heavy (non-hydrogen) atoms. The number of nitrogens with zero attached hydrogens (tertiary/aromatic N) is 2. The third-order valence-corrected chi connectivity index (χ3v) is 6.65. The van der Waals surface area contributed by atoms with Crippen molar-refractivity contribution < 1.29 is 63.4 Å². The summed E-state index contributed by atoms with van der Waals surface area (Å²) >= 11 is 5.42. The van der Waals surface area contributed by atoms with E-state index in [-0.39, 0.29) is 4.90 Å². The average Bonchev–Trinajstić information content (AvgIpc) is 3.32. The van der Waals surface area contributed by atoms with Crippen LogP contribution in [0.2, 0.25) is 5.02 Å². The number of halogens is 10. The van der Waals surface area contributed by atoms with Crippen molar-refractivity contribution in [1.82, 2.24) is 4.90 Å². The Morgan fingerprint density at radius 2 is 0.927 bits per heavy atom. The summed E-state index contributed by atoms with van der Waals surface area (Å²) in [6.07, 6.45) is 0. The van der Waals surface area contributed by atoms with E-state index in [2.05, 4.69) is 4.74 Å². The maximum Gasteiger partial charge on any atom is 0.269 e. The summed E-state index contributed by atoms with van der Waals surface area (Å²) in [6, 6.07) is 0. The minimum atomic E-state index is -2.53. The lowest BCUT2D eigenvalue weighted by Crippen LogP contribution is -2.32. The second-order valence-electron chi connectivity index (χ2n) is 8.49. The smallest absolute Gasteiger partial charge is 0.269 e. The molecule has 0 atom stereocenters. The Morgan fingerprint density at radius 3 is 1.39 bits per heavy atom. The van der Waals surface area contributed by atoms with Crippen molar-refractivity contribution in [3.63, 3.8) is 0 Å². The molecule has 0 radical (unpaired) electrons.